The number of phenolic OH excluding ortho intramolecular Hbond substituents is 1. The molecule has 5 nitrogen and oxygen atoms in total. The highest BCUT2D eigenvalue weighted by molar-refractivity contribution is 5.95. The zero-order valence-electron chi connectivity index (χ0n) is 11.8. The molecule has 1 N–H and O–H groups in total. The third-order valence-electron chi connectivity index (χ3n) is 2.94. The van der Waals surface area contributed by atoms with Crippen LogP contribution < -0.4 is 9.47 Å². The molecule has 2 aromatic carbocycles. The van der Waals surface area contributed by atoms with Gasteiger partial charge in [-0.15, -0.1) is 0 Å². The van der Waals surface area contributed by atoms with Crippen molar-refractivity contribution in [2.24, 2.45) is 0 Å². The summed E-state index contributed by atoms with van der Waals surface area (Å²) in [5.41, 5.74) is 1.02. The van der Waals surface area contributed by atoms with Gasteiger partial charge in [0.1, 0.15) is 29.4 Å². The van der Waals surface area contributed by atoms with Gasteiger partial charge in [-0.3, -0.25) is 0 Å². The van der Waals surface area contributed by atoms with Crippen LogP contribution in [0.25, 0.3) is 0 Å². The molecule has 0 aliphatic heterocycles. The second-order valence-electron chi connectivity index (χ2n) is 4.28. The lowest BCUT2D eigenvalue weighted by atomic mass is 10.1. The molecule has 0 amide bonds. The van der Waals surface area contributed by atoms with Gasteiger partial charge in [-0.1, -0.05) is 18.2 Å². The van der Waals surface area contributed by atoms with Crippen LogP contribution >= 0.6 is 0 Å². The molecule has 110 valence electrons. The Kier molecular flexibility index (Phi) is 4.66. The molecule has 0 aromatic heterocycles. The molecule has 0 saturated carbocycles. The molecule has 0 spiro atoms. The van der Waals surface area contributed by atoms with Crippen LogP contribution in [0.1, 0.15) is 15.9 Å². The topological polar surface area (TPSA) is 65.0 Å². The molecule has 0 aliphatic rings. The van der Waals surface area contributed by atoms with E-state index in [4.69, 9.17) is 14.2 Å². The van der Waals surface area contributed by atoms with Crippen LogP contribution in [0.4, 0.5) is 0 Å². The highest BCUT2D eigenvalue weighted by atomic mass is 16.5. The molecule has 0 heterocycles. The smallest absolute Gasteiger partial charge is 0.346 e. The van der Waals surface area contributed by atoms with E-state index in [1.54, 1.807) is 30.3 Å². The van der Waals surface area contributed by atoms with Gasteiger partial charge in [0.25, 0.3) is 0 Å². The molecule has 0 atom stereocenters. The summed E-state index contributed by atoms with van der Waals surface area (Å²) < 4.78 is 15.6. The fraction of sp³-hybridized carbons (Fsp3) is 0.188. The van der Waals surface area contributed by atoms with Crippen molar-refractivity contribution in [3.8, 4) is 17.2 Å². The third kappa shape index (κ3) is 3.45. The molecule has 0 radical (unpaired) electrons. The lowest BCUT2D eigenvalue weighted by molar-refractivity contribution is 0.0465. The Balaban J connectivity index is 2.15. The Morgan fingerprint density at radius 1 is 1.00 bits per heavy atom. The number of hydrogen-bond donors (Lipinski definition) is 1. The number of carbonyl (C=O) groups excluding carboxylic acids is 1. The van der Waals surface area contributed by atoms with Crippen molar-refractivity contribution in [1.82, 2.24) is 0 Å². The summed E-state index contributed by atoms with van der Waals surface area (Å²) in [7, 11) is 2.96. The van der Waals surface area contributed by atoms with Gasteiger partial charge in [0.2, 0.25) is 0 Å². The van der Waals surface area contributed by atoms with Gasteiger partial charge >= 0.3 is 5.97 Å². The molecule has 0 unspecified atom stereocenters. The number of methoxy groups -OCH3 is 2. The monoisotopic (exact) mass is 288 g/mol. The predicted molar refractivity (Wildman–Crippen MR) is 76.8 cm³/mol. The number of hydrogen-bond acceptors (Lipinski definition) is 5. The SMILES string of the molecule is COc1cccc(OC)c1C(=O)OCc1ccc(O)cc1. The molecule has 5 heteroatoms. The number of aromatic hydroxyl groups is 1. The standard InChI is InChI=1S/C16H16O5/c1-19-13-4-3-5-14(20-2)15(13)16(18)21-10-11-6-8-12(17)9-7-11/h3-9,17H,10H2,1-2H3. The summed E-state index contributed by atoms with van der Waals surface area (Å²) in [5, 5.41) is 9.21. The first-order valence-electron chi connectivity index (χ1n) is 6.31. The van der Waals surface area contributed by atoms with Gasteiger partial charge < -0.3 is 19.3 Å². The summed E-state index contributed by atoms with van der Waals surface area (Å²) >= 11 is 0. The Labute approximate surface area is 122 Å². The summed E-state index contributed by atoms with van der Waals surface area (Å²) in [5.74, 6) is 0.420. The van der Waals surface area contributed by atoms with Crippen molar-refractivity contribution >= 4 is 5.97 Å². The van der Waals surface area contributed by atoms with Gasteiger partial charge in [-0.2, -0.15) is 0 Å². The van der Waals surface area contributed by atoms with E-state index in [2.05, 4.69) is 0 Å². The van der Waals surface area contributed by atoms with Crippen LogP contribution in [0.5, 0.6) is 17.2 Å². The molecule has 0 aliphatic carbocycles. The Morgan fingerprint density at radius 3 is 2.10 bits per heavy atom. The van der Waals surface area contributed by atoms with Crippen LogP contribution in [0.2, 0.25) is 0 Å². The third-order valence-corrected chi connectivity index (χ3v) is 2.94. The minimum atomic E-state index is -0.530. The Hall–Kier alpha value is -2.69. The van der Waals surface area contributed by atoms with Crippen molar-refractivity contribution in [3.63, 3.8) is 0 Å². The zero-order chi connectivity index (χ0) is 15.2. The van der Waals surface area contributed by atoms with Gasteiger partial charge in [0.15, 0.2) is 0 Å². The second-order valence-corrected chi connectivity index (χ2v) is 4.28. The number of rotatable bonds is 5. The van der Waals surface area contributed by atoms with E-state index < -0.39 is 5.97 Å². The van der Waals surface area contributed by atoms with E-state index in [0.717, 1.165) is 5.56 Å². The summed E-state index contributed by atoms with van der Waals surface area (Å²) in [6.07, 6.45) is 0. The Morgan fingerprint density at radius 2 is 1.57 bits per heavy atom. The molecule has 21 heavy (non-hydrogen) atoms. The quantitative estimate of drug-likeness (QED) is 0.857. The minimum absolute atomic E-state index is 0.0975. The summed E-state index contributed by atoms with van der Waals surface area (Å²) in [4.78, 5) is 12.2. The van der Waals surface area contributed by atoms with Crippen LogP contribution in [0, 0.1) is 0 Å². The molecular weight excluding hydrogens is 272 g/mol. The normalized spacial score (nSPS) is 10.0. The van der Waals surface area contributed by atoms with Gasteiger partial charge in [0.05, 0.1) is 14.2 Å². The lowest BCUT2D eigenvalue weighted by Gasteiger charge is -2.12. The van der Waals surface area contributed by atoms with E-state index in [0.29, 0.717) is 11.5 Å². The van der Waals surface area contributed by atoms with Crippen molar-refractivity contribution in [2.75, 3.05) is 14.2 Å². The van der Waals surface area contributed by atoms with Crippen LogP contribution in [0.3, 0.4) is 0 Å². The maximum absolute atomic E-state index is 12.2. The van der Waals surface area contributed by atoms with Gasteiger partial charge in [-0.05, 0) is 29.8 Å². The number of esters is 1. The number of ether oxygens (including phenoxy) is 3. The van der Waals surface area contributed by atoms with Crippen LogP contribution in [0.15, 0.2) is 42.5 Å². The molecule has 0 bridgehead atoms. The molecular formula is C16H16O5. The fourth-order valence-electron chi connectivity index (χ4n) is 1.87. The zero-order valence-corrected chi connectivity index (χ0v) is 11.8. The molecule has 2 aromatic rings. The first kappa shape index (κ1) is 14.7. The highest BCUT2D eigenvalue weighted by Crippen LogP contribution is 2.29. The maximum Gasteiger partial charge on any atom is 0.346 e. The van der Waals surface area contributed by atoms with Crippen LogP contribution in [-0.2, 0) is 11.3 Å². The number of carbonyl (C=O) groups is 1. The fourth-order valence-corrected chi connectivity index (χ4v) is 1.87. The van der Waals surface area contributed by atoms with E-state index in [-0.39, 0.29) is 17.9 Å². The maximum atomic E-state index is 12.2. The van der Waals surface area contributed by atoms with Crippen molar-refractivity contribution in [1.29, 1.82) is 0 Å². The van der Waals surface area contributed by atoms with Crippen molar-refractivity contribution < 1.29 is 24.1 Å². The highest BCUT2D eigenvalue weighted by Gasteiger charge is 2.19. The van der Waals surface area contributed by atoms with Crippen molar-refractivity contribution in [3.05, 3.63) is 53.6 Å². The first-order valence-corrected chi connectivity index (χ1v) is 6.31. The largest absolute Gasteiger partial charge is 0.508 e. The van der Waals surface area contributed by atoms with Gasteiger partial charge in [-0.25, -0.2) is 4.79 Å². The van der Waals surface area contributed by atoms with E-state index in [1.165, 1.54) is 26.4 Å². The summed E-state index contributed by atoms with van der Waals surface area (Å²) in [6, 6.07) is 11.5. The number of benzene rings is 2. The number of phenols is 1. The predicted octanol–water partition coefficient (Wildman–Crippen LogP) is 2.77. The second kappa shape index (κ2) is 6.65. The minimum Gasteiger partial charge on any atom is -0.508 e. The van der Waals surface area contributed by atoms with E-state index >= 15 is 0 Å². The summed E-state index contributed by atoms with van der Waals surface area (Å²) in [6.45, 7) is 0.0975. The molecule has 2 rings (SSSR count). The van der Waals surface area contributed by atoms with E-state index in [1.807, 2.05) is 0 Å². The lowest BCUT2D eigenvalue weighted by Crippen LogP contribution is -2.09. The molecule has 0 fully saturated rings. The molecule has 0 saturated heterocycles. The average Bonchev–Trinajstić information content (AvgIpc) is 2.53. The average molecular weight is 288 g/mol. The van der Waals surface area contributed by atoms with Crippen LogP contribution in [-0.4, -0.2) is 25.3 Å². The van der Waals surface area contributed by atoms with Crippen molar-refractivity contribution in [2.45, 2.75) is 6.61 Å². The first-order chi connectivity index (χ1) is 10.2. The van der Waals surface area contributed by atoms with E-state index in [9.17, 15) is 9.90 Å². The van der Waals surface area contributed by atoms with Gasteiger partial charge in [0, 0.05) is 0 Å². The Bertz CT molecular complexity index is 597.